The van der Waals surface area contributed by atoms with E-state index in [1.807, 2.05) is 35.4 Å². The standard InChI is InChI=1S/C28H31N5O/c34-27(32-19-17-31(18-20-32)21-23-9-3-1-4-10-23)15-7-14-26-30-25-13-8-16-29-28(25)33(26)22-24-11-5-2-6-12-24/h1-6,8-13,16H,7,14-15,17-22H2. The lowest BCUT2D eigenvalue weighted by molar-refractivity contribution is -0.133. The van der Waals surface area contributed by atoms with E-state index in [9.17, 15) is 4.79 Å². The van der Waals surface area contributed by atoms with E-state index in [0.717, 1.165) is 69.1 Å². The van der Waals surface area contributed by atoms with Crippen LogP contribution in [-0.4, -0.2) is 56.4 Å². The summed E-state index contributed by atoms with van der Waals surface area (Å²) in [5, 5.41) is 0. The van der Waals surface area contributed by atoms with Crippen molar-refractivity contribution in [3.8, 4) is 0 Å². The summed E-state index contributed by atoms with van der Waals surface area (Å²) in [7, 11) is 0. The van der Waals surface area contributed by atoms with Crippen molar-refractivity contribution >= 4 is 17.1 Å². The maximum Gasteiger partial charge on any atom is 0.222 e. The monoisotopic (exact) mass is 453 g/mol. The van der Waals surface area contributed by atoms with Crippen LogP contribution in [0.5, 0.6) is 0 Å². The van der Waals surface area contributed by atoms with E-state index >= 15 is 0 Å². The van der Waals surface area contributed by atoms with E-state index < -0.39 is 0 Å². The second-order valence-electron chi connectivity index (χ2n) is 8.94. The topological polar surface area (TPSA) is 54.3 Å². The van der Waals surface area contributed by atoms with Crippen LogP contribution in [0.4, 0.5) is 0 Å². The fourth-order valence-corrected chi connectivity index (χ4v) is 4.68. The number of benzene rings is 2. The van der Waals surface area contributed by atoms with Crippen LogP contribution in [0.3, 0.4) is 0 Å². The number of carbonyl (C=O) groups excluding carboxylic acids is 1. The molecule has 0 radical (unpaired) electrons. The molecule has 0 atom stereocenters. The van der Waals surface area contributed by atoms with Gasteiger partial charge < -0.3 is 9.47 Å². The van der Waals surface area contributed by atoms with Crippen molar-refractivity contribution in [2.24, 2.45) is 0 Å². The van der Waals surface area contributed by atoms with E-state index in [-0.39, 0.29) is 5.91 Å². The summed E-state index contributed by atoms with van der Waals surface area (Å²) in [6, 6.07) is 24.9. The van der Waals surface area contributed by atoms with Gasteiger partial charge in [0.1, 0.15) is 11.3 Å². The van der Waals surface area contributed by atoms with Crippen LogP contribution < -0.4 is 0 Å². The Morgan fingerprint density at radius 3 is 2.18 bits per heavy atom. The van der Waals surface area contributed by atoms with E-state index in [1.54, 1.807) is 0 Å². The Morgan fingerprint density at radius 2 is 1.47 bits per heavy atom. The molecule has 0 unspecified atom stereocenters. The molecule has 3 heterocycles. The van der Waals surface area contributed by atoms with E-state index in [1.165, 1.54) is 11.1 Å². The Hall–Kier alpha value is -3.51. The average Bonchev–Trinajstić information content (AvgIpc) is 3.23. The molecule has 1 amide bonds. The van der Waals surface area contributed by atoms with Crippen molar-refractivity contribution in [1.82, 2.24) is 24.3 Å². The van der Waals surface area contributed by atoms with E-state index in [2.05, 4.69) is 63.0 Å². The Morgan fingerprint density at radius 1 is 0.794 bits per heavy atom. The van der Waals surface area contributed by atoms with Crippen molar-refractivity contribution in [2.45, 2.75) is 32.4 Å². The quantitative estimate of drug-likeness (QED) is 0.402. The molecule has 2 aromatic heterocycles. The minimum Gasteiger partial charge on any atom is -0.340 e. The van der Waals surface area contributed by atoms with Crippen molar-refractivity contribution < 1.29 is 4.79 Å². The first-order chi connectivity index (χ1) is 16.8. The maximum absolute atomic E-state index is 12.9. The number of amides is 1. The van der Waals surface area contributed by atoms with E-state index in [4.69, 9.17) is 4.98 Å². The molecule has 2 aromatic carbocycles. The van der Waals surface area contributed by atoms with Gasteiger partial charge in [-0.3, -0.25) is 9.69 Å². The summed E-state index contributed by atoms with van der Waals surface area (Å²) in [4.78, 5) is 26.7. The van der Waals surface area contributed by atoms with Gasteiger partial charge in [-0.15, -0.1) is 0 Å². The lowest BCUT2D eigenvalue weighted by Gasteiger charge is -2.34. The minimum atomic E-state index is 0.253. The zero-order chi connectivity index (χ0) is 23.2. The Balaban J connectivity index is 1.16. The molecule has 4 aromatic rings. The summed E-state index contributed by atoms with van der Waals surface area (Å²) in [5.74, 6) is 1.25. The Labute approximate surface area is 200 Å². The lowest BCUT2D eigenvalue weighted by atomic mass is 10.1. The molecule has 0 bridgehead atoms. The van der Waals surface area contributed by atoms with Crippen LogP contribution >= 0.6 is 0 Å². The predicted molar refractivity (Wildman–Crippen MR) is 134 cm³/mol. The van der Waals surface area contributed by atoms with Gasteiger partial charge in [0, 0.05) is 51.8 Å². The first kappa shape index (κ1) is 22.3. The molecule has 1 saturated heterocycles. The summed E-state index contributed by atoms with van der Waals surface area (Å²) in [6.07, 6.45) is 3.93. The zero-order valence-corrected chi connectivity index (χ0v) is 19.5. The lowest BCUT2D eigenvalue weighted by Crippen LogP contribution is -2.48. The molecule has 0 aliphatic carbocycles. The van der Waals surface area contributed by atoms with Crippen LogP contribution in [0.15, 0.2) is 79.0 Å². The van der Waals surface area contributed by atoms with Crippen molar-refractivity contribution in [1.29, 1.82) is 0 Å². The molecule has 0 saturated carbocycles. The Kier molecular flexibility index (Phi) is 6.96. The number of rotatable bonds is 8. The van der Waals surface area contributed by atoms with Crippen molar-refractivity contribution in [2.75, 3.05) is 26.2 Å². The summed E-state index contributed by atoms with van der Waals surface area (Å²) < 4.78 is 2.19. The molecular formula is C28H31N5O. The molecule has 1 aliphatic heterocycles. The number of pyridine rings is 1. The number of nitrogens with zero attached hydrogens (tertiary/aromatic N) is 5. The summed E-state index contributed by atoms with van der Waals surface area (Å²) >= 11 is 0. The minimum absolute atomic E-state index is 0.253. The largest absolute Gasteiger partial charge is 0.340 e. The van der Waals surface area contributed by atoms with Crippen LogP contribution in [0.2, 0.25) is 0 Å². The molecule has 174 valence electrons. The number of hydrogen-bond acceptors (Lipinski definition) is 4. The maximum atomic E-state index is 12.9. The molecule has 0 spiro atoms. The molecule has 1 fully saturated rings. The molecule has 6 heteroatoms. The fourth-order valence-electron chi connectivity index (χ4n) is 4.68. The molecule has 34 heavy (non-hydrogen) atoms. The third-order valence-electron chi connectivity index (χ3n) is 6.53. The van der Waals surface area contributed by atoms with E-state index in [0.29, 0.717) is 6.42 Å². The van der Waals surface area contributed by atoms with Crippen LogP contribution in [0.25, 0.3) is 11.2 Å². The SMILES string of the molecule is O=C(CCCc1nc2cccnc2n1Cc1ccccc1)N1CCN(Cc2ccccc2)CC1. The number of imidazole rings is 1. The third-order valence-corrected chi connectivity index (χ3v) is 6.53. The fraction of sp³-hybridized carbons (Fsp3) is 0.321. The first-order valence-corrected chi connectivity index (χ1v) is 12.1. The van der Waals surface area contributed by atoms with Gasteiger partial charge >= 0.3 is 0 Å². The highest BCUT2D eigenvalue weighted by molar-refractivity contribution is 5.76. The molecule has 1 aliphatic rings. The highest BCUT2D eigenvalue weighted by Gasteiger charge is 2.21. The highest BCUT2D eigenvalue weighted by atomic mass is 16.2. The van der Waals surface area contributed by atoms with Gasteiger partial charge in [0.15, 0.2) is 5.65 Å². The summed E-state index contributed by atoms with van der Waals surface area (Å²) in [6.45, 7) is 5.16. The Bertz CT molecular complexity index is 1210. The van der Waals surface area contributed by atoms with Gasteiger partial charge in [0.25, 0.3) is 0 Å². The predicted octanol–water partition coefficient (Wildman–Crippen LogP) is 4.15. The molecule has 6 nitrogen and oxygen atoms in total. The van der Waals surface area contributed by atoms with Gasteiger partial charge in [-0.25, -0.2) is 9.97 Å². The van der Waals surface area contributed by atoms with Crippen molar-refractivity contribution in [3.63, 3.8) is 0 Å². The molecule has 5 rings (SSSR count). The first-order valence-electron chi connectivity index (χ1n) is 12.1. The smallest absolute Gasteiger partial charge is 0.222 e. The second-order valence-corrected chi connectivity index (χ2v) is 8.94. The number of fused-ring (bicyclic) bond motifs is 1. The van der Waals surface area contributed by atoms with Gasteiger partial charge in [0.05, 0.1) is 6.54 Å². The van der Waals surface area contributed by atoms with Crippen molar-refractivity contribution in [3.05, 3.63) is 95.9 Å². The van der Waals surface area contributed by atoms with Gasteiger partial charge in [-0.05, 0) is 29.7 Å². The number of piperazine rings is 1. The average molecular weight is 454 g/mol. The summed E-state index contributed by atoms with van der Waals surface area (Å²) in [5.41, 5.74) is 4.37. The number of carbonyl (C=O) groups is 1. The van der Waals surface area contributed by atoms with Crippen LogP contribution in [-0.2, 0) is 24.3 Å². The van der Waals surface area contributed by atoms with Gasteiger partial charge in [0.2, 0.25) is 5.91 Å². The van der Waals surface area contributed by atoms with Crippen LogP contribution in [0.1, 0.15) is 29.8 Å². The zero-order valence-electron chi connectivity index (χ0n) is 19.5. The second kappa shape index (κ2) is 10.6. The normalized spacial score (nSPS) is 14.5. The molecular weight excluding hydrogens is 422 g/mol. The highest BCUT2D eigenvalue weighted by Crippen LogP contribution is 2.18. The third kappa shape index (κ3) is 5.34. The van der Waals surface area contributed by atoms with Crippen LogP contribution in [0, 0.1) is 0 Å². The number of aryl methyl sites for hydroxylation is 1. The van der Waals surface area contributed by atoms with Gasteiger partial charge in [-0.2, -0.15) is 0 Å². The number of aromatic nitrogens is 3. The number of hydrogen-bond donors (Lipinski definition) is 0. The van der Waals surface area contributed by atoms with Gasteiger partial charge in [-0.1, -0.05) is 60.7 Å². The molecule has 0 N–H and O–H groups in total.